The molecular formula is C25H24ClF3O2. The van der Waals surface area contributed by atoms with E-state index in [0.717, 1.165) is 36.5 Å². The van der Waals surface area contributed by atoms with Crippen LogP contribution >= 0.6 is 11.6 Å². The Morgan fingerprint density at radius 3 is 2.61 bits per heavy atom. The molecule has 0 N–H and O–H groups in total. The van der Waals surface area contributed by atoms with Gasteiger partial charge in [0, 0.05) is 0 Å². The molecule has 2 aromatic rings. The highest BCUT2D eigenvalue weighted by molar-refractivity contribution is 6.23. The van der Waals surface area contributed by atoms with Gasteiger partial charge in [-0.3, -0.25) is 4.79 Å². The minimum absolute atomic E-state index is 0.0985. The van der Waals surface area contributed by atoms with Gasteiger partial charge in [0.05, 0.1) is 5.92 Å². The van der Waals surface area contributed by atoms with E-state index in [2.05, 4.69) is 18.2 Å². The Balaban J connectivity index is 1.51. The number of carbonyl (C=O) groups is 1. The first-order chi connectivity index (χ1) is 14.6. The minimum atomic E-state index is -4.06. The van der Waals surface area contributed by atoms with E-state index in [1.807, 2.05) is 24.3 Å². The molecule has 2 atom stereocenters. The quantitative estimate of drug-likeness (QED) is 0.369. The summed E-state index contributed by atoms with van der Waals surface area (Å²) in [6.07, 6.45) is 3.63. The molecule has 0 amide bonds. The van der Waals surface area contributed by atoms with Crippen molar-refractivity contribution in [3.63, 3.8) is 0 Å². The van der Waals surface area contributed by atoms with Crippen LogP contribution in [0.4, 0.5) is 13.2 Å². The summed E-state index contributed by atoms with van der Waals surface area (Å²) < 4.78 is 45.1. The molecule has 1 saturated carbocycles. The van der Waals surface area contributed by atoms with E-state index in [4.69, 9.17) is 16.3 Å². The van der Waals surface area contributed by atoms with Crippen molar-refractivity contribution in [2.75, 3.05) is 0 Å². The molecule has 0 radical (unpaired) electrons. The third-order valence-electron chi connectivity index (χ3n) is 6.58. The molecule has 2 aliphatic rings. The zero-order chi connectivity index (χ0) is 22.4. The summed E-state index contributed by atoms with van der Waals surface area (Å²) in [5, 5.41) is -4.06. The summed E-state index contributed by atoms with van der Waals surface area (Å²) in [6.45, 7) is 3.55. The summed E-state index contributed by atoms with van der Waals surface area (Å²) in [5.41, 5.74) is 5.10. The lowest BCUT2D eigenvalue weighted by Gasteiger charge is -2.14. The first-order valence-corrected chi connectivity index (χ1v) is 10.8. The number of benzene rings is 2. The van der Waals surface area contributed by atoms with E-state index < -0.39 is 34.4 Å². The maximum absolute atomic E-state index is 13.6. The Bertz CT molecular complexity index is 1040. The van der Waals surface area contributed by atoms with E-state index in [-0.39, 0.29) is 6.61 Å². The van der Waals surface area contributed by atoms with E-state index in [0.29, 0.717) is 0 Å². The van der Waals surface area contributed by atoms with Gasteiger partial charge in [-0.2, -0.15) is 8.78 Å². The van der Waals surface area contributed by atoms with E-state index in [9.17, 15) is 18.0 Å². The van der Waals surface area contributed by atoms with Gasteiger partial charge in [0.2, 0.25) is 0 Å². The number of ether oxygens (including phenoxy) is 1. The summed E-state index contributed by atoms with van der Waals surface area (Å²) in [5.74, 6) is -3.59. The Morgan fingerprint density at radius 2 is 1.87 bits per heavy atom. The Kier molecular flexibility index (Phi) is 5.67. The molecule has 2 aromatic carbocycles. The average Bonchev–Trinajstić information content (AvgIpc) is 3.32. The van der Waals surface area contributed by atoms with Crippen molar-refractivity contribution in [1.82, 2.24) is 0 Å². The molecule has 0 bridgehead atoms. The van der Waals surface area contributed by atoms with Gasteiger partial charge in [0.25, 0.3) is 0 Å². The van der Waals surface area contributed by atoms with Gasteiger partial charge >= 0.3 is 11.4 Å². The van der Waals surface area contributed by atoms with Gasteiger partial charge in [-0.1, -0.05) is 56.3 Å². The zero-order valence-corrected chi connectivity index (χ0v) is 18.2. The normalized spacial score (nSPS) is 22.2. The molecule has 31 heavy (non-hydrogen) atoms. The van der Waals surface area contributed by atoms with Crippen LogP contribution in [0.1, 0.15) is 37.0 Å². The van der Waals surface area contributed by atoms with E-state index in [1.54, 1.807) is 13.8 Å². The second-order valence-corrected chi connectivity index (χ2v) is 9.37. The van der Waals surface area contributed by atoms with Gasteiger partial charge in [-0.05, 0) is 76.1 Å². The molecule has 0 saturated heterocycles. The van der Waals surface area contributed by atoms with Gasteiger partial charge in [0.1, 0.15) is 6.61 Å². The Morgan fingerprint density at radius 1 is 1.16 bits per heavy atom. The lowest BCUT2D eigenvalue weighted by atomic mass is 9.93. The number of halogens is 4. The van der Waals surface area contributed by atoms with Crippen molar-refractivity contribution >= 4 is 17.6 Å². The molecule has 0 unspecified atom stereocenters. The number of aryl methyl sites for hydroxylation is 1. The number of carbonyl (C=O) groups excluding carboxylic acids is 1. The van der Waals surface area contributed by atoms with E-state index >= 15 is 0 Å². The first kappa shape index (κ1) is 21.9. The number of hydrogen-bond donors (Lipinski definition) is 0. The number of rotatable bonds is 5. The van der Waals surface area contributed by atoms with Crippen LogP contribution in [0.25, 0.3) is 11.1 Å². The van der Waals surface area contributed by atoms with Crippen molar-refractivity contribution in [2.24, 2.45) is 17.3 Å². The summed E-state index contributed by atoms with van der Waals surface area (Å²) in [4.78, 5) is 12.7. The number of esters is 1. The third kappa shape index (κ3) is 4.25. The van der Waals surface area contributed by atoms with Crippen molar-refractivity contribution in [1.29, 1.82) is 0 Å². The standard InChI is InChI=1S/C25H24ClF3O2/c1-24(2)20(13-21(27)25(26,28)29)22(24)23(30)31-14-16-9-6-12-19-17-10-4-3-7-15(17)8-5-11-18(16)19/h3-4,6-7,9-10,12-13,20,22H,5,8,11,14H2,1-2H3/t20-,22-/m0/s1. The lowest BCUT2D eigenvalue weighted by Crippen LogP contribution is -2.12. The Hall–Kier alpha value is -2.27. The number of fused-ring (bicyclic) bond motifs is 3. The number of allylic oxidation sites excluding steroid dienone is 2. The van der Waals surface area contributed by atoms with Crippen molar-refractivity contribution < 1.29 is 22.7 Å². The highest BCUT2D eigenvalue weighted by atomic mass is 35.5. The molecule has 0 aliphatic heterocycles. The largest absolute Gasteiger partial charge is 0.461 e. The SMILES string of the molecule is CC1(C)[C@H](C(=O)OCc2cccc3c2CCCc2ccccc2-3)[C@@H]1C=C(F)C(F)(F)Cl. The predicted molar refractivity (Wildman–Crippen MR) is 114 cm³/mol. The third-order valence-corrected chi connectivity index (χ3v) is 6.77. The highest BCUT2D eigenvalue weighted by Crippen LogP contribution is 2.60. The lowest BCUT2D eigenvalue weighted by molar-refractivity contribution is -0.147. The second-order valence-electron chi connectivity index (χ2n) is 8.90. The number of hydrogen-bond acceptors (Lipinski definition) is 2. The molecule has 6 heteroatoms. The molecule has 0 spiro atoms. The molecular weight excluding hydrogens is 425 g/mol. The Labute approximate surface area is 185 Å². The van der Waals surface area contributed by atoms with Gasteiger partial charge < -0.3 is 4.74 Å². The molecule has 164 valence electrons. The smallest absolute Gasteiger partial charge is 0.373 e. The van der Waals surface area contributed by atoms with Crippen LogP contribution < -0.4 is 0 Å². The van der Waals surface area contributed by atoms with Gasteiger partial charge in [0.15, 0.2) is 5.83 Å². The molecule has 0 aromatic heterocycles. The van der Waals surface area contributed by atoms with Crippen molar-refractivity contribution in [3.05, 3.63) is 71.1 Å². The first-order valence-electron chi connectivity index (χ1n) is 10.4. The van der Waals surface area contributed by atoms with E-state index in [1.165, 1.54) is 16.7 Å². The fraction of sp³-hybridized carbons (Fsp3) is 0.400. The van der Waals surface area contributed by atoms with Crippen LogP contribution in [-0.2, 0) is 29.0 Å². The molecule has 0 heterocycles. The molecule has 4 rings (SSSR count). The van der Waals surface area contributed by atoms with Crippen LogP contribution in [0.3, 0.4) is 0 Å². The molecule has 2 nitrogen and oxygen atoms in total. The van der Waals surface area contributed by atoms with Crippen molar-refractivity contribution in [2.45, 2.75) is 45.1 Å². The van der Waals surface area contributed by atoms with Crippen LogP contribution in [0.15, 0.2) is 54.4 Å². The summed E-state index contributed by atoms with van der Waals surface area (Å²) >= 11 is 4.74. The van der Waals surface area contributed by atoms with Crippen molar-refractivity contribution in [3.8, 4) is 11.1 Å². The van der Waals surface area contributed by atoms with Crippen LogP contribution in [0.2, 0.25) is 0 Å². The summed E-state index contributed by atoms with van der Waals surface area (Å²) in [6, 6.07) is 14.3. The number of alkyl halides is 3. The predicted octanol–water partition coefficient (Wildman–Crippen LogP) is 6.84. The van der Waals surface area contributed by atoms with Gasteiger partial charge in [-0.15, -0.1) is 0 Å². The van der Waals surface area contributed by atoms with Crippen LogP contribution in [-0.4, -0.2) is 11.4 Å². The average molecular weight is 449 g/mol. The molecule has 2 aliphatic carbocycles. The van der Waals surface area contributed by atoms with Crippen LogP contribution in [0, 0.1) is 17.3 Å². The maximum Gasteiger partial charge on any atom is 0.373 e. The minimum Gasteiger partial charge on any atom is -0.461 e. The zero-order valence-electron chi connectivity index (χ0n) is 17.4. The highest BCUT2D eigenvalue weighted by Gasteiger charge is 2.62. The fourth-order valence-corrected chi connectivity index (χ4v) is 4.77. The topological polar surface area (TPSA) is 26.3 Å². The molecule has 1 fully saturated rings. The van der Waals surface area contributed by atoms with Crippen LogP contribution in [0.5, 0.6) is 0 Å². The summed E-state index contributed by atoms with van der Waals surface area (Å²) in [7, 11) is 0. The monoisotopic (exact) mass is 448 g/mol. The maximum atomic E-state index is 13.6. The van der Waals surface area contributed by atoms with Gasteiger partial charge in [-0.25, -0.2) is 4.39 Å². The second kappa shape index (κ2) is 8.01. The fourth-order valence-electron chi connectivity index (χ4n) is 4.70.